The van der Waals surface area contributed by atoms with Crippen LogP contribution < -0.4 is 25.0 Å². The first-order valence-corrected chi connectivity index (χ1v) is 12.0. The molecule has 3 amide bonds. The van der Waals surface area contributed by atoms with Crippen LogP contribution in [0.25, 0.3) is 11.0 Å². The molecule has 0 spiro atoms. The molecule has 2 N–H and O–H groups in total. The average Bonchev–Trinajstić information content (AvgIpc) is 3.50. The molecule has 4 aromatic rings. The SMILES string of the molecule is O=C(Nc1ccc2c(c1)OCCO2)c1oc2ccccc2c1NC(=O)[C@@H]1CC(=O)N(c2ccccc2)C1. The van der Waals surface area contributed by atoms with Crippen molar-refractivity contribution in [3.63, 3.8) is 0 Å². The summed E-state index contributed by atoms with van der Waals surface area (Å²) < 4.78 is 17.0. The second-order valence-electron chi connectivity index (χ2n) is 8.85. The molecule has 6 rings (SSSR count). The van der Waals surface area contributed by atoms with Crippen LogP contribution in [-0.2, 0) is 9.59 Å². The highest BCUT2D eigenvalue weighted by atomic mass is 16.6. The van der Waals surface area contributed by atoms with Crippen molar-refractivity contribution in [1.29, 1.82) is 0 Å². The van der Waals surface area contributed by atoms with Crippen molar-refractivity contribution in [2.75, 3.05) is 35.3 Å². The molecule has 1 aromatic heterocycles. The first-order chi connectivity index (χ1) is 18.1. The Kier molecular flexibility index (Phi) is 5.72. The fourth-order valence-corrected chi connectivity index (χ4v) is 4.60. The lowest BCUT2D eigenvalue weighted by Gasteiger charge is -2.19. The van der Waals surface area contributed by atoms with Crippen LogP contribution in [0.3, 0.4) is 0 Å². The lowest BCUT2D eigenvalue weighted by Crippen LogP contribution is -2.28. The topological polar surface area (TPSA) is 110 Å². The predicted molar refractivity (Wildman–Crippen MR) is 137 cm³/mol. The summed E-state index contributed by atoms with van der Waals surface area (Å²) in [5, 5.41) is 6.26. The monoisotopic (exact) mass is 497 g/mol. The number of benzene rings is 3. The summed E-state index contributed by atoms with van der Waals surface area (Å²) in [7, 11) is 0. The van der Waals surface area contributed by atoms with Crippen molar-refractivity contribution in [3.05, 3.63) is 78.6 Å². The summed E-state index contributed by atoms with van der Waals surface area (Å²) in [6.45, 7) is 1.15. The van der Waals surface area contributed by atoms with E-state index in [-0.39, 0.29) is 36.2 Å². The molecule has 2 aliphatic heterocycles. The van der Waals surface area contributed by atoms with Gasteiger partial charge in [-0.15, -0.1) is 0 Å². The number of amides is 3. The number of rotatable bonds is 5. The van der Waals surface area contributed by atoms with Gasteiger partial charge in [0.2, 0.25) is 17.6 Å². The first kappa shape index (κ1) is 22.7. The number of fused-ring (bicyclic) bond motifs is 2. The van der Waals surface area contributed by atoms with Gasteiger partial charge in [-0.1, -0.05) is 30.3 Å². The Morgan fingerprint density at radius 2 is 1.62 bits per heavy atom. The Bertz CT molecular complexity index is 1510. The zero-order valence-electron chi connectivity index (χ0n) is 19.7. The minimum absolute atomic E-state index is 0.0336. The lowest BCUT2D eigenvalue weighted by molar-refractivity contribution is -0.122. The second kappa shape index (κ2) is 9.34. The fourth-order valence-electron chi connectivity index (χ4n) is 4.60. The molecule has 9 nitrogen and oxygen atoms in total. The summed E-state index contributed by atoms with van der Waals surface area (Å²) >= 11 is 0. The molecular formula is C28H23N3O6. The van der Waals surface area contributed by atoms with E-state index in [1.165, 1.54) is 0 Å². The van der Waals surface area contributed by atoms with Gasteiger partial charge in [-0.2, -0.15) is 0 Å². The Morgan fingerprint density at radius 1 is 0.865 bits per heavy atom. The average molecular weight is 498 g/mol. The van der Waals surface area contributed by atoms with Gasteiger partial charge in [-0.05, 0) is 36.4 Å². The highest BCUT2D eigenvalue weighted by molar-refractivity contribution is 6.15. The van der Waals surface area contributed by atoms with Crippen LogP contribution in [0, 0.1) is 5.92 Å². The number of nitrogens with zero attached hydrogens (tertiary/aromatic N) is 1. The second-order valence-corrected chi connectivity index (χ2v) is 8.85. The number of carbonyl (C=O) groups is 3. The molecule has 2 aliphatic rings. The van der Waals surface area contributed by atoms with E-state index in [9.17, 15) is 14.4 Å². The quantitative estimate of drug-likeness (QED) is 0.422. The molecule has 0 aliphatic carbocycles. The van der Waals surface area contributed by atoms with E-state index in [4.69, 9.17) is 13.9 Å². The first-order valence-electron chi connectivity index (χ1n) is 12.0. The molecule has 186 valence electrons. The number of ether oxygens (including phenoxy) is 2. The van der Waals surface area contributed by atoms with E-state index in [2.05, 4.69) is 10.6 Å². The van der Waals surface area contributed by atoms with Gasteiger partial charge in [-0.3, -0.25) is 14.4 Å². The molecule has 1 atom stereocenters. The summed E-state index contributed by atoms with van der Waals surface area (Å²) in [5.41, 5.74) is 1.96. The molecule has 0 unspecified atom stereocenters. The molecule has 1 saturated heterocycles. The molecule has 0 radical (unpaired) electrons. The normalized spacial score (nSPS) is 16.6. The molecule has 0 bridgehead atoms. The molecule has 0 saturated carbocycles. The van der Waals surface area contributed by atoms with Gasteiger partial charge < -0.3 is 29.4 Å². The van der Waals surface area contributed by atoms with E-state index in [1.54, 1.807) is 47.4 Å². The zero-order valence-corrected chi connectivity index (χ0v) is 19.7. The van der Waals surface area contributed by atoms with Crippen LogP contribution >= 0.6 is 0 Å². The zero-order chi connectivity index (χ0) is 25.4. The maximum Gasteiger partial charge on any atom is 0.293 e. The van der Waals surface area contributed by atoms with E-state index < -0.39 is 11.8 Å². The third-order valence-corrected chi connectivity index (χ3v) is 6.41. The van der Waals surface area contributed by atoms with E-state index >= 15 is 0 Å². The summed E-state index contributed by atoms with van der Waals surface area (Å²) in [6.07, 6.45) is 0.0786. The van der Waals surface area contributed by atoms with Crippen LogP contribution in [0.1, 0.15) is 17.0 Å². The number of nitrogens with one attached hydrogen (secondary N) is 2. The standard InChI is InChI=1S/C28H23N3O6/c32-24-14-17(16-31(24)19-6-2-1-3-7-19)27(33)30-25-20-8-4-5-9-21(20)37-26(25)28(34)29-18-10-11-22-23(15-18)36-13-12-35-22/h1-11,15,17H,12-14,16H2,(H,29,34)(H,30,33)/t17-/m1/s1. The smallest absolute Gasteiger partial charge is 0.293 e. The minimum atomic E-state index is -0.574. The Hall–Kier alpha value is -4.79. The Morgan fingerprint density at radius 3 is 2.46 bits per heavy atom. The van der Waals surface area contributed by atoms with Crippen LogP contribution in [0.4, 0.5) is 17.1 Å². The van der Waals surface area contributed by atoms with Gasteiger partial charge in [0.15, 0.2) is 11.5 Å². The van der Waals surface area contributed by atoms with Crippen molar-refractivity contribution in [1.82, 2.24) is 0 Å². The Labute approximate surface area is 212 Å². The highest BCUT2D eigenvalue weighted by Crippen LogP contribution is 2.35. The molecule has 37 heavy (non-hydrogen) atoms. The largest absolute Gasteiger partial charge is 0.486 e. The maximum atomic E-state index is 13.3. The Balaban J connectivity index is 1.25. The molecule has 9 heteroatoms. The van der Waals surface area contributed by atoms with Crippen molar-refractivity contribution in [2.24, 2.45) is 5.92 Å². The van der Waals surface area contributed by atoms with Crippen molar-refractivity contribution in [3.8, 4) is 11.5 Å². The third-order valence-electron chi connectivity index (χ3n) is 6.41. The minimum Gasteiger partial charge on any atom is -0.486 e. The maximum absolute atomic E-state index is 13.3. The van der Waals surface area contributed by atoms with Gasteiger partial charge in [0.25, 0.3) is 5.91 Å². The van der Waals surface area contributed by atoms with Gasteiger partial charge >= 0.3 is 0 Å². The van der Waals surface area contributed by atoms with E-state index in [0.29, 0.717) is 41.4 Å². The number of para-hydroxylation sites is 2. The summed E-state index contributed by atoms with van der Waals surface area (Å²) in [5.74, 6) is -0.473. The van der Waals surface area contributed by atoms with Crippen LogP contribution in [0.15, 0.2) is 77.2 Å². The van der Waals surface area contributed by atoms with Crippen molar-refractivity contribution in [2.45, 2.75) is 6.42 Å². The van der Waals surface area contributed by atoms with Gasteiger partial charge in [0, 0.05) is 35.8 Å². The van der Waals surface area contributed by atoms with Crippen molar-refractivity contribution >= 4 is 45.8 Å². The highest BCUT2D eigenvalue weighted by Gasteiger charge is 2.36. The predicted octanol–water partition coefficient (Wildman–Crippen LogP) is 4.45. The number of hydrogen-bond donors (Lipinski definition) is 2. The van der Waals surface area contributed by atoms with Gasteiger partial charge in [0.05, 0.1) is 5.92 Å². The van der Waals surface area contributed by atoms with Gasteiger partial charge in [0.1, 0.15) is 24.5 Å². The van der Waals surface area contributed by atoms with Crippen LogP contribution in [0.5, 0.6) is 11.5 Å². The van der Waals surface area contributed by atoms with Crippen LogP contribution in [-0.4, -0.2) is 37.5 Å². The van der Waals surface area contributed by atoms with Crippen molar-refractivity contribution < 1.29 is 28.3 Å². The molecule has 3 heterocycles. The third kappa shape index (κ3) is 4.35. The molecule has 3 aromatic carbocycles. The number of hydrogen-bond acceptors (Lipinski definition) is 6. The molecule has 1 fully saturated rings. The number of carbonyl (C=O) groups excluding carboxylic acids is 3. The van der Waals surface area contributed by atoms with E-state index in [0.717, 1.165) is 5.69 Å². The number of furan rings is 1. The van der Waals surface area contributed by atoms with E-state index in [1.807, 2.05) is 30.3 Å². The lowest BCUT2D eigenvalue weighted by atomic mass is 10.1. The fraction of sp³-hybridized carbons (Fsp3) is 0.179. The summed E-state index contributed by atoms with van der Waals surface area (Å²) in [6, 6.07) is 21.4. The van der Waals surface area contributed by atoms with Gasteiger partial charge in [-0.25, -0.2) is 0 Å². The molecular weight excluding hydrogens is 474 g/mol. The summed E-state index contributed by atoms with van der Waals surface area (Å²) in [4.78, 5) is 40.8. The number of anilines is 3. The van der Waals surface area contributed by atoms with Crippen LogP contribution in [0.2, 0.25) is 0 Å².